The van der Waals surface area contributed by atoms with Crippen LogP contribution in [-0.2, 0) is 9.47 Å². The Hall–Kier alpha value is -0.830. The van der Waals surface area contributed by atoms with Gasteiger partial charge in [0.2, 0.25) is 0 Å². The Morgan fingerprint density at radius 2 is 2.56 bits per heavy atom. The normalized spacial score (nSPS) is 31.8. The highest BCUT2D eigenvalue weighted by Gasteiger charge is 2.29. The lowest BCUT2D eigenvalue weighted by Gasteiger charge is -1.96. The largest absolute Gasteiger partial charge is 0.469 e. The molecule has 1 aliphatic heterocycles. The highest BCUT2D eigenvalue weighted by atomic mass is 16.7. The van der Waals surface area contributed by atoms with Crippen LogP contribution in [0, 0.1) is 5.41 Å². The first kappa shape index (κ1) is 4.99. The Morgan fingerprint density at radius 3 is 3.33 bits per heavy atom. The minimum absolute atomic E-state index is 0.0671. The van der Waals surface area contributed by atoms with Crippen LogP contribution >= 0.6 is 0 Å². The molecule has 0 aromatic rings. The van der Waals surface area contributed by atoms with Crippen molar-refractivity contribution in [2.75, 3.05) is 6.79 Å². The zero-order valence-corrected chi connectivity index (χ0v) is 4.89. The Bertz CT molecular complexity index is 185. The SMILES string of the molecule is N=C1C=C2OCOC2C1. The lowest BCUT2D eigenvalue weighted by molar-refractivity contribution is 0.0513. The van der Waals surface area contributed by atoms with E-state index in [0.717, 1.165) is 5.76 Å². The molecule has 3 nitrogen and oxygen atoms in total. The summed E-state index contributed by atoms with van der Waals surface area (Å²) >= 11 is 0. The Balaban J connectivity index is 2.27. The summed E-state index contributed by atoms with van der Waals surface area (Å²) in [6.07, 6.45) is 2.49. The molecule has 0 aromatic carbocycles. The van der Waals surface area contributed by atoms with Crippen LogP contribution in [0.1, 0.15) is 6.42 Å². The van der Waals surface area contributed by atoms with Gasteiger partial charge in [0.1, 0.15) is 11.9 Å². The van der Waals surface area contributed by atoms with Crippen molar-refractivity contribution in [1.82, 2.24) is 0 Å². The minimum atomic E-state index is 0.0671. The van der Waals surface area contributed by atoms with E-state index in [2.05, 4.69) is 0 Å². The van der Waals surface area contributed by atoms with Gasteiger partial charge in [-0.3, -0.25) is 0 Å². The van der Waals surface area contributed by atoms with Crippen LogP contribution in [0.5, 0.6) is 0 Å². The van der Waals surface area contributed by atoms with Gasteiger partial charge in [0.05, 0.1) is 0 Å². The van der Waals surface area contributed by atoms with Crippen LogP contribution in [0.4, 0.5) is 0 Å². The third-order valence-electron chi connectivity index (χ3n) is 1.53. The number of ether oxygens (including phenoxy) is 2. The maximum atomic E-state index is 7.21. The molecule has 1 heterocycles. The van der Waals surface area contributed by atoms with Crippen molar-refractivity contribution in [3.63, 3.8) is 0 Å². The second kappa shape index (κ2) is 1.57. The number of fused-ring (bicyclic) bond motifs is 1. The van der Waals surface area contributed by atoms with E-state index in [1.54, 1.807) is 6.08 Å². The Morgan fingerprint density at radius 1 is 1.67 bits per heavy atom. The molecule has 0 spiro atoms. The average Bonchev–Trinajstić information content (AvgIpc) is 2.22. The van der Waals surface area contributed by atoms with E-state index < -0.39 is 0 Å². The lowest BCUT2D eigenvalue weighted by atomic mass is 10.3. The van der Waals surface area contributed by atoms with Crippen LogP contribution in [0.3, 0.4) is 0 Å². The fourth-order valence-electron chi connectivity index (χ4n) is 1.08. The second-order valence-corrected chi connectivity index (χ2v) is 2.19. The van der Waals surface area contributed by atoms with E-state index in [1.807, 2.05) is 0 Å². The zero-order chi connectivity index (χ0) is 6.27. The predicted octanol–water partition coefficient (Wildman–Crippen LogP) is 0.667. The summed E-state index contributed by atoms with van der Waals surface area (Å²) in [6, 6.07) is 0. The summed E-state index contributed by atoms with van der Waals surface area (Å²) in [5, 5.41) is 7.21. The molecule has 0 radical (unpaired) electrons. The number of nitrogens with one attached hydrogen (secondary N) is 1. The highest BCUT2D eigenvalue weighted by molar-refractivity contribution is 5.96. The molecular weight excluding hydrogens is 118 g/mol. The second-order valence-electron chi connectivity index (χ2n) is 2.19. The molecule has 9 heavy (non-hydrogen) atoms. The van der Waals surface area contributed by atoms with Crippen LogP contribution in [-0.4, -0.2) is 18.6 Å². The van der Waals surface area contributed by atoms with Crippen molar-refractivity contribution in [3.05, 3.63) is 11.8 Å². The van der Waals surface area contributed by atoms with Crippen molar-refractivity contribution >= 4 is 5.71 Å². The molecule has 1 aliphatic carbocycles. The van der Waals surface area contributed by atoms with Crippen LogP contribution in [0.25, 0.3) is 0 Å². The van der Waals surface area contributed by atoms with E-state index in [0.29, 0.717) is 18.9 Å². The van der Waals surface area contributed by atoms with E-state index in [4.69, 9.17) is 14.9 Å². The first-order chi connectivity index (χ1) is 4.36. The Kier molecular flexibility index (Phi) is 0.873. The molecular formula is C6H7NO2. The molecule has 0 saturated carbocycles. The standard InChI is InChI=1S/C6H7NO2/c7-4-1-5-6(2-4)9-3-8-5/h1,6-7H,2-3H2. The van der Waals surface area contributed by atoms with Crippen molar-refractivity contribution in [2.24, 2.45) is 0 Å². The molecule has 1 fully saturated rings. The van der Waals surface area contributed by atoms with Gasteiger partial charge in [0.15, 0.2) is 6.79 Å². The van der Waals surface area contributed by atoms with Gasteiger partial charge in [0.25, 0.3) is 0 Å². The third kappa shape index (κ3) is 0.650. The van der Waals surface area contributed by atoms with Crippen LogP contribution < -0.4 is 0 Å². The van der Waals surface area contributed by atoms with E-state index in [-0.39, 0.29) is 6.10 Å². The first-order valence-electron chi connectivity index (χ1n) is 2.90. The summed E-state index contributed by atoms with van der Waals surface area (Å²) in [4.78, 5) is 0. The zero-order valence-electron chi connectivity index (χ0n) is 4.89. The predicted molar refractivity (Wildman–Crippen MR) is 31.3 cm³/mol. The van der Waals surface area contributed by atoms with E-state index in [9.17, 15) is 0 Å². The van der Waals surface area contributed by atoms with Gasteiger partial charge >= 0.3 is 0 Å². The summed E-state index contributed by atoms with van der Waals surface area (Å²) in [5.41, 5.74) is 0.606. The Labute approximate surface area is 52.8 Å². The number of rotatable bonds is 0. The molecule has 2 aliphatic rings. The van der Waals surface area contributed by atoms with Crippen molar-refractivity contribution in [1.29, 1.82) is 5.41 Å². The molecule has 3 heteroatoms. The monoisotopic (exact) mass is 125 g/mol. The van der Waals surface area contributed by atoms with Gasteiger partial charge in [-0.05, 0) is 6.08 Å². The molecule has 1 N–H and O–H groups in total. The fraction of sp³-hybridized carbons (Fsp3) is 0.500. The highest BCUT2D eigenvalue weighted by Crippen LogP contribution is 2.25. The maximum absolute atomic E-state index is 7.21. The fourth-order valence-corrected chi connectivity index (χ4v) is 1.08. The number of allylic oxidation sites excluding steroid dienone is 1. The summed E-state index contributed by atoms with van der Waals surface area (Å²) in [5.74, 6) is 0.833. The van der Waals surface area contributed by atoms with Gasteiger partial charge < -0.3 is 14.9 Å². The summed E-state index contributed by atoms with van der Waals surface area (Å²) in [7, 11) is 0. The third-order valence-corrected chi connectivity index (χ3v) is 1.53. The van der Waals surface area contributed by atoms with E-state index >= 15 is 0 Å². The quantitative estimate of drug-likeness (QED) is 0.517. The molecule has 0 aromatic heterocycles. The smallest absolute Gasteiger partial charge is 0.189 e. The van der Waals surface area contributed by atoms with Gasteiger partial charge in [-0.25, -0.2) is 0 Å². The topological polar surface area (TPSA) is 42.3 Å². The number of hydrogen-bond donors (Lipinski definition) is 1. The maximum Gasteiger partial charge on any atom is 0.189 e. The summed E-state index contributed by atoms with van der Waals surface area (Å²) in [6.45, 7) is 0.365. The minimum Gasteiger partial charge on any atom is -0.469 e. The molecule has 2 rings (SSSR count). The van der Waals surface area contributed by atoms with Gasteiger partial charge in [-0.1, -0.05) is 0 Å². The molecule has 1 unspecified atom stereocenters. The molecule has 0 amide bonds. The number of hydrogen-bond acceptors (Lipinski definition) is 3. The average molecular weight is 125 g/mol. The van der Waals surface area contributed by atoms with Gasteiger partial charge in [-0.15, -0.1) is 0 Å². The van der Waals surface area contributed by atoms with Crippen molar-refractivity contribution in [3.8, 4) is 0 Å². The lowest BCUT2D eigenvalue weighted by Crippen LogP contribution is -2.03. The molecule has 1 saturated heterocycles. The first-order valence-corrected chi connectivity index (χ1v) is 2.90. The van der Waals surface area contributed by atoms with Crippen molar-refractivity contribution in [2.45, 2.75) is 12.5 Å². The van der Waals surface area contributed by atoms with Gasteiger partial charge in [-0.2, -0.15) is 0 Å². The van der Waals surface area contributed by atoms with Crippen LogP contribution in [0.15, 0.2) is 11.8 Å². The van der Waals surface area contributed by atoms with Crippen LogP contribution in [0.2, 0.25) is 0 Å². The molecule has 48 valence electrons. The molecule has 1 atom stereocenters. The van der Waals surface area contributed by atoms with Gasteiger partial charge in [0, 0.05) is 12.1 Å². The summed E-state index contributed by atoms with van der Waals surface area (Å²) < 4.78 is 10.2. The van der Waals surface area contributed by atoms with E-state index in [1.165, 1.54) is 0 Å². The van der Waals surface area contributed by atoms with Crippen molar-refractivity contribution < 1.29 is 9.47 Å². The molecule has 0 bridgehead atoms.